The summed E-state index contributed by atoms with van der Waals surface area (Å²) in [6.45, 7) is 0.764. The Balaban J connectivity index is -0.0000000965. The lowest BCUT2D eigenvalue weighted by Crippen LogP contribution is -1.87. The summed E-state index contributed by atoms with van der Waals surface area (Å²) in [5.74, 6) is 0. The van der Waals surface area contributed by atoms with E-state index in [1.807, 2.05) is 0 Å². The second kappa shape index (κ2) is 34.5. The third kappa shape index (κ3) is 91.5. The minimum Gasteiger partial charge on any atom is -0.471 e. The molecule has 0 atom stereocenters. The lowest BCUT2D eigenvalue weighted by Gasteiger charge is -1.87. The minimum atomic E-state index is 0.375. The van der Waals surface area contributed by atoms with Gasteiger partial charge in [0.05, 0.1) is 7.11 Å². The van der Waals surface area contributed by atoms with Crippen LogP contribution >= 0.6 is 0 Å². The van der Waals surface area contributed by atoms with Gasteiger partial charge in [0.1, 0.15) is 6.79 Å². The van der Waals surface area contributed by atoms with E-state index in [1.54, 1.807) is 14.2 Å². The number of methoxy groups -OCH3 is 3. The summed E-state index contributed by atoms with van der Waals surface area (Å²) in [6.07, 6.45) is 0. The normalized spacial score (nSPS) is 6.27. The van der Waals surface area contributed by atoms with Crippen LogP contribution in [0, 0.1) is 0 Å². The Morgan fingerprint density at radius 2 is 1.45 bits per heavy atom. The third-order valence-corrected chi connectivity index (χ3v) is 0.332. The number of hydrogen-bond donors (Lipinski definition) is 1. The number of aliphatic hydroxyl groups is 1. The van der Waals surface area contributed by atoms with E-state index in [-0.39, 0.29) is 0 Å². The van der Waals surface area contributed by atoms with Gasteiger partial charge in [0.15, 0.2) is 0 Å². The van der Waals surface area contributed by atoms with Gasteiger partial charge in [0.25, 0.3) is 6.47 Å². The summed E-state index contributed by atoms with van der Waals surface area (Å²) in [5, 5.41) is 7.00. The first-order chi connectivity index (χ1) is 5.33. The lowest BCUT2D eigenvalue weighted by molar-refractivity contribution is -0.126. The van der Waals surface area contributed by atoms with Crippen molar-refractivity contribution in [3.63, 3.8) is 0 Å². The van der Waals surface area contributed by atoms with Crippen LogP contribution in [0.2, 0.25) is 0 Å². The van der Waals surface area contributed by atoms with E-state index in [4.69, 9.17) is 9.90 Å². The summed E-state index contributed by atoms with van der Waals surface area (Å²) >= 11 is 0. The monoisotopic (exact) mass is 168 g/mol. The van der Waals surface area contributed by atoms with Crippen molar-refractivity contribution < 1.29 is 24.1 Å². The quantitative estimate of drug-likeness (QED) is 0.460. The molecule has 0 saturated carbocycles. The number of rotatable bonds is 3. The number of hydrogen-bond acceptors (Lipinski definition) is 5. The highest BCUT2D eigenvalue weighted by Gasteiger charge is 1.63. The van der Waals surface area contributed by atoms with Crippen molar-refractivity contribution in [2.75, 3.05) is 35.2 Å². The number of ether oxygens (including phenoxy) is 3. The molecule has 70 valence electrons. The fraction of sp³-hybridized carbons (Fsp3) is 0.833. The van der Waals surface area contributed by atoms with Crippen molar-refractivity contribution in [1.82, 2.24) is 0 Å². The molecule has 0 saturated heterocycles. The van der Waals surface area contributed by atoms with Gasteiger partial charge in [-0.15, -0.1) is 0 Å². The van der Waals surface area contributed by atoms with Crippen LogP contribution in [0.4, 0.5) is 0 Å². The molecule has 0 aromatic carbocycles. The topological polar surface area (TPSA) is 65.0 Å². The van der Waals surface area contributed by atoms with Gasteiger partial charge in [-0.2, -0.15) is 0 Å². The second-order valence-corrected chi connectivity index (χ2v) is 1.03. The molecule has 0 aliphatic rings. The molecule has 0 spiro atoms. The molecule has 0 heterocycles. The van der Waals surface area contributed by atoms with E-state index in [1.165, 1.54) is 7.11 Å². The lowest BCUT2D eigenvalue weighted by atomic mass is 11.4. The van der Waals surface area contributed by atoms with Gasteiger partial charge < -0.3 is 19.3 Å². The van der Waals surface area contributed by atoms with E-state index in [0.717, 1.165) is 7.11 Å². The first kappa shape index (κ1) is 16.7. The highest BCUT2D eigenvalue weighted by molar-refractivity contribution is 5.36. The summed E-state index contributed by atoms with van der Waals surface area (Å²) in [5.41, 5.74) is 0. The molecule has 0 aromatic heterocycles. The van der Waals surface area contributed by atoms with Crippen molar-refractivity contribution >= 4 is 6.47 Å². The number of carbonyl (C=O) groups is 1. The van der Waals surface area contributed by atoms with Gasteiger partial charge in [-0.25, -0.2) is 0 Å². The van der Waals surface area contributed by atoms with Gasteiger partial charge >= 0.3 is 0 Å². The summed E-state index contributed by atoms with van der Waals surface area (Å²) in [4.78, 5) is 8.95. The van der Waals surface area contributed by atoms with Gasteiger partial charge in [-0.3, -0.25) is 4.79 Å². The maximum absolute atomic E-state index is 8.95. The smallest absolute Gasteiger partial charge is 0.292 e. The van der Waals surface area contributed by atoms with Crippen molar-refractivity contribution in [1.29, 1.82) is 0 Å². The van der Waals surface area contributed by atoms with Crippen LogP contribution in [0.15, 0.2) is 0 Å². The van der Waals surface area contributed by atoms with Crippen molar-refractivity contribution in [3.05, 3.63) is 0 Å². The predicted molar refractivity (Wildman–Crippen MR) is 40.1 cm³/mol. The molecule has 0 radical (unpaired) electrons. The van der Waals surface area contributed by atoms with Crippen LogP contribution in [-0.2, 0) is 19.0 Å². The van der Waals surface area contributed by atoms with Crippen LogP contribution in [0.3, 0.4) is 0 Å². The number of aliphatic hydroxyl groups excluding tert-OH is 1. The van der Waals surface area contributed by atoms with E-state index < -0.39 is 0 Å². The van der Waals surface area contributed by atoms with Gasteiger partial charge in [0, 0.05) is 21.3 Å². The van der Waals surface area contributed by atoms with E-state index in [2.05, 4.69) is 14.2 Å². The first-order valence-corrected chi connectivity index (χ1v) is 2.72. The third-order valence-electron chi connectivity index (χ3n) is 0.332. The van der Waals surface area contributed by atoms with E-state index in [9.17, 15) is 0 Å². The maximum Gasteiger partial charge on any atom is 0.292 e. The molecule has 0 aromatic rings. The predicted octanol–water partition coefficient (Wildman–Crippen LogP) is -0.366. The standard InChI is InChI=1S/C3H8O2.C2H4O2.CH4O/c1-4-3-5-2;1-4-2-3;1-2/h3H2,1-2H3;2H,1H3;2H,1H3. The average Bonchev–Trinajstić information content (AvgIpc) is 2.10. The second-order valence-electron chi connectivity index (χ2n) is 1.03. The molecule has 5 heteroatoms. The van der Waals surface area contributed by atoms with E-state index >= 15 is 0 Å². The van der Waals surface area contributed by atoms with Crippen LogP contribution in [-0.4, -0.2) is 46.8 Å². The first-order valence-electron chi connectivity index (χ1n) is 2.72. The van der Waals surface area contributed by atoms with Crippen LogP contribution in [0.1, 0.15) is 0 Å². The summed E-state index contributed by atoms with van der Waals surface area (Å²) in [7, 11) is 5.49. The molecule has 0 aliphatic carbocycles. The average molecular weight is 168 g/mol. The van der Waals surface area contributed by atoms with Crippen molar-refractivity contribution in [3.8, 4) is 0 Å². The van der Waals surface area contributed by atoms with Gasteiger partial charge in [0.2, 0.25) is 0 Å². The van der Waals surface area contributed by atoms with Crippen LogP contribution in [0.25, 0.3) is 0 Å². The highest BCUT2D eigenvalue weighted by atomic mass is 16.6. The van der Waals surface area contributed by atoms with Crippen LogP contribution in [0.5, 0.6) is 0 Å². The molecule has 11 heavy (non-hydrogen) atoms. The van der Waals surface area contributed by atoms with Gasteiger partial charge in [-0.1, -0.05) is 0 Å². The zero-order valence-electron chi connectivity index (χ0n) is 7.36. The maximum atomic E-state index is 8.95. The Kier molecular flexibility index (Phi) is 52.5. The molecule has 0 bridgehead atoms. The summed E-state index contributed by atoms with van der Waals surface area (Å²) in [6, 6.07) is 0. The molecular weight excluding hydrogens is 152 g/mol. The van der Waals surface area contributed by atoms with Crippen molar-refractivity contribution in [2.45, 2.75) is 0 Å². The Morgan fingerprint density at radius 3 is 1.45 bits per heavy atom. The van der Waals surface area contributed by atoms with Gasteiger partial charge in [-0.05, 0) is 0 Å². The fourth-order valence-electron chi connectivity index (χ4n) is 0.118. The molecule has 5 nitrogen and oxygen atoms in total. The minimum absolute atomic E-state index is 0.375. The molecule has 0 amide bonds. The Labute approximate surface area is 66.9 Å². The highest BCUT2D eigenvalue weighted by Crippen LogP contribution is 1.60. The number of carbonyl (C=O) groups excluding carboxylic acids is 1. The SMILES string of the molecule is CO.COC=O.COCOC. The van der Waals surface area contributed by atoms with Crippen LogP contribution < -0.4 is 0 Å². The zero-order valence-corrected chi connectivity index (χ0v) is 7.36. The summed E-state index contributed by atoms with van der Waals surface area (Å²) < 4.78 is 12.8. The largest absolute Gasteiger partial charge is 0.471 e. The molecule has 0 aliphatic heterocycles. The molecule has 0 rings (SSSR count). The Hall–Kier alpha value is -0.650. The molecule has 1 N–H and O–H groups in total. The molecule has 0 unspecified atom stereocenters. The molecular formula is C6H16O5. The zero-order chi connectivity index (χ0) is 9.54. The fourth-order valence-corrected chi connectivity index (χ4v) is 0.118. The Morgan fingerprint density at radius 1 is 1.18 bits per heavy atom. The Bertz CT molecular complexity index is 46.2. The van der Waals surface area contributed by atoms with Crippen molar-refractivity contribution in [2.24, 2.45) is 0 Å². The molecule has 0 fully saturated rings. The van der Waals surface area contributed by atoms with E-state index in [0.29, 0.717) is 13.3 Å².